The molecular formula is C17H13NO7. The predicted molar refractivity (Wildman–Crippen MR) is 83.1 cm³/mol. The van der Waals surface area contributed by atoms with Crippen LogP contribution in [0.15, 0.2) is 42.5 Å². The van der Waals surface area contributed by atoms with Crippen molar-refractivity contribution in [3.63, 3.8) is 0 Å². The second-order valence-electron chi connectivity index (χ2n) is 5.50. The summed E-state index contributed by atoms with van der Waals surface area (Å²) in [5.41, 5.74) is 0.0401. The average molecular weight is 343 g/mol. The molecule has 8 nitrogen and oxygen atoms in total. The van der Waals surface area contributed by atoms with Crippen molar-refractivity contribution >= 4 is 17.8 Å². The van der Waals surface area contributed by atoms with Crippen molar-refractivity contribution in [1.29, 1.82) is 0 Å². The number of phenols is 2. The standard InChI is InChI=1S/C17H13NO7/c19-11-6-5-8(7-12(11)20)14(21)13(17(24)25)18-15(22)9-3-1-2-4-10(9)16(18)23/h1-7,13-14,19-21H,(H,24,25)/t13-,14?/m0/s1. The summed E-state index contributed by atoms with van der Waals surface area (Å²) in [5, 5.41) is 38.8. The van der Waals surface area contributed by atoms with Gasteiger partial charge in [0.25, 0.3) is 11.8 Å². The molecule has 1 aliphatic heterocycles. The minimum absolute atomic E-state index is 0.0551. The highest BCUT2D eigenvalue weighted by atomic mass is 16.4. The van der Waals surface area contributed by atoms with Crippen LogP contribution in [0.4, 0.5) is 0 Å². The van der Waals surface area contributed by atoms with Crippen LogP contribution in [-0.4, -0.2) is 49.2 Å². The lowest BCUT2D eigenvalue weighted by Crippen LogP contribution is -2.48. The van der Waals surface area contributed by atoms with Gasteiger partial charge in [0.15, 0.2) is 17.5 Å². The van der Waals surface area contributed by atoms with Crippen LogP contribution in [0.25, 0.3) is 0 Å². The first-order chi connectivity index (χ1) is 11.8. The molecule has 0 saturated heterocycles. The topological polar surface area (TPSA) is 135 Å². The predicted octanol–water partition coefficient (Wildman–Crippen LogP) is 0.881. The summed E-state index contributed by atoms with van der Waals surface area (Å²) in [6, 6.07) is 7.20. The van der Waals surface area contributed by atoms with Crippen molar-refractivity contribution in [3.05, 3.63) is 59.2 Å². The molecule has 1 unspecified atom stereocenters. The second-order valence-corrected chi connectivity index (χ2v) is 5.50. The van der Waals surface area contributed by atoms with Gasteiger partial charge in [0.05, 0.1) is 11.1 Å². The SMILES string of the molecule is O=C(O)[C@H](C(O)c1ccc(O)c(O)c1)N1C(=O)c2ccccc2C1=O. The van der Waals surface area contributed by atoms with E-state index in [1.54, 1.807) is 0 Å². The Labute approximate surface area is 141 Å². The monoisotopic (exact) mass is 343 g/mol. The number of nitrogens with zero attached hydrogens (tertiary/aromatic N) is 1. The molecule has 4 N–H and O–H groups in total. The number of rotatable bonds is 4. The molecule has 0 spiro atoms. The highest BCUT2D eigenvalue weighted by Gasteiger charge is 2.46. The minimum Gasteiger partial charge on any atom is -0.504 e. The zero-order valence-electron chi connectivity index (χ0n) is 12.7. The lowest BCUT2D eigenvalue weighted by atomic mass is 10.0. The molecule has 0 aliphatic carbocycles. The summed E-state index contributed by atoms with van der Waals surface area (Å²) in [6.07, 6.45) is -1.80. The fourth-order valence-corrected chi connectivity index (χ4v) is 2.75. The normalized spacial score (nSPS) is 15.8. The van der Waals surface area contributed by atoms with E-state index in [0.29, 0.717) is 4.90 Å². The van der Waals surface area contributed by atoms with Crippen LogP contribution in [0.3, 0.4) is 0 Å². The fraction of sp³-hybridized carbons (Fsp3) is 0.118. The molecule has 25 heavy (non-hydrogen) atoms. The highest BCUT2D eigenvalue weighted by molar-refractivity contribution is 6.22. The summed E-state index contributed by atoms with van der Waals surface area (Å²) >= 11 is 0. The summed E-state index contributed by atoms with van der Waals surface area (Å²) in [5.74, 6) is -4.26. The molecule has 2 aromatic carbocycles. The van der Waals surface area contributed by atoms with Crippen LogP contribution in [0, 0.1) is 0 Å². The van der Waals surface area contributed by atoms with E-state index in [2.05, 4.69) is 0 Å². The summed E-state index contributed by atoms with van der Waals surface area (Å²) < 4.78 is 0. The Hall–Kier alpha value is -3.39. The molecule has 3 rings (SSSR count). The number of aliphatic hydroxyl groups excluding tert-OH is 1. The first kappa shape index (κ1) is 16.5. The van der Waals surface area contributed by atoms with Crippen LogP contribution >= 0.6 is 0 Å². The number of hydrogen-bond acceptors (Lipinski definition) is 6. The highest BCUT2D eigenvalue weighted by Crippen LogP contribution is 2.33. The van der Waals surface area contributed by atoms with Gasteiger partial charge in [0.1, 0.15) is 6.10 Å². The van der Waals surface area contributed by atoms with Gasteiger partial charge in [-0.15, -0.1) is 0 Å². The van der Waals surface area contributed by atoms with E-state index in [-0.39, 0.29) is 16.7 Å². The van der Waals surface area contributed by atoms with Gasteiger partial charge in [0, 0.05) is 0 Å². The number of imide groups is 1. The number of carboxylic acids is 1. The zero-order chi connectivity index (χ0) is 18.3. The Bertz CT molecular complexity index is 857. The molecule has 2 amide bonds. The van der Waals surface area contributed by atoms with Gasteiger partial charge in [-0.3, -0.25) is 14.5 Å². The van der Waals surface area contributed by atoms with E-state index < -0.39 is 41.4 Å². The number of aliphatic carboxylic acids is 1. The Kier molecular flexibility index (Phi) is 3.90. The van der Waals surface area contributed by atoms with E-state index >= 15 is 0 Å². The molecule has 1 heterocycles. The lowest BCUT2D eigenvalue weighted by molar-refractivity contribution is -0.145. The Morgan fingerprint density at radius 3 is 1.96 bits per heavy atom. The molecule has 8 heteroatoms. The van der Waals surface area contributed by atoms with Crippen molar-refractivity contribution in [1.82, 2.24) is 4.90 Å². The Morgan fingerprint density at radius 1 is 0.920 bits per heavy atom. The Morgan fingerprint density at radius 2 is 1.48 bits per heavy atom. The quantitative estimate of drug-likeness (QED) is 0.478. The number of benzene rings is 2. The summed E-state index contributed by atoms with van der Waals surface area (Å²) in [6.45, 7) is 0. The number of carbonyl (C=O) groups is 3. The molecule has 2 aromatic rings. The van der Waals surface area contributed by atoms with Gasteiger partial charge in [0.2, 0.25) is 0 Å². The van der Waals surface area contributed by atoms with E-state index in [1.807, 2.05) is 0 Å². The van der Waals surface area contributed by atoms with E-state index in [9.17, 15) is 34.8 Å². The minimum atomic E-state index is -1.89. The first-order valence-electron chi connectivity index (χ1n) is 7.22. The van der Waals surface area contributed by atoms with Crippen LogP contribution in [0.5, 0.6) is 11.5 Å². The molecule has 128 valence electrons. The molecular weight excluding hydrogens is 330 g/mol. The summed E-state index contributed by atoms with van der Waals surface area (Å²) in [7, 11) is 0. The maximum Gasteiger partial charge on any atom is 0.330 e. The molecule has 2 atom stereocenters. The van der Waals surface area contributed by atoms with Crippen LogP contribution < -0.4 is 0 Å². The maximum atomic E-state index is 12.5. The first-order valence-corrected chi connectivity index (χ1v) is 7.22. The van der Waals surface area contributed by atoms with Crippen LogP contribution in [-0.2, 0) is 4.79 Å². The van der Waals surface area contributed by atoms with E-state index in [0.717, 1.165) is 12.1 Å². The number of fused-ring (bicyclic) bond motifs is 1. The zero-order valence-corrected chi connectivity index (χ0v) is 12.7. The van der Waals surface area contributed by atoms with Crippen molar-refractivity contribution < 1.29 is 34.8 Å². The van der Waals surface area contributed by atoms with Gasteiger partial charge in [-0.25, -0.2) is 4.79 Å². The number of aliphatic hydroxyl groups is 1. The lowest BCUT2D eigenvalue weighted by Gasteiger charge is -2.27. The number of hydrogen-bond donors (Lipinski definition) is 4. The average Bonchev–Trinajstić information content (AvgIpc) is 2.83. The molecule has 0 aromatic heterocycles. The number of phenolic OH excluding ortho intramolecular Hbond substituents is 2. The van der Waals surface area contributed by atoms with E-state index in [4.69, 9.17) is 0 Å². The third-order valence-electron chi connectivity index (χ3n) is 4.00. The van der Waals surface area contributed by atoms with Gasteiger partial charge in [-0.2, -0.15) is 0 Å². The molecule has 0 radical (unpaired) electrons. The van der Waals surface area contributed by atoms with Crippen molar-refractivity contribution in [2.24, 2.45) is 0 Å². The van der Waals surface area contributed by atoms with Crippen molar-refractivity contribution in [3.8, 4) is 11.5 Å². The molecule has 0 saturated carbocycles. The van der Waals surface area contributed by atoms with Crippen LogP contribution in [0.2, 0.25) is 0 Å². The van der Waals surface area contributed by atoms with Gasteiger partial charge in [-0.1, -0.05) is 18.2 Å². The maximum absolute atomic E-state index is 12.5. The van der Waals surface area contributed by atoms with Crippen molar-refractivity contribution in [2.75, 3.05) is 0 Å². The molecule has 0 fully saturated rings. The van der Waals surface area contributed by atoms with Gasteiger partial charge < -0.3 is 20.4 Å². The fourth-order valence-electron chi connectivity index (χ4n) is 2.75. The molecule has 1 aliphatic rings. The third kappa shape index (κ3) is 2.58. The van der Waals surface area contributed by atoms with Gasteiger partial charge >= 0.3 is 5.97 Å². The second kappa shape index (κ2) is 5.91. The number of carbonyl (C=O) groups excluding carboxylic acids is 2. The largest absolute Gasteiger partial charge is 0.504 e. The Balaban J connectivity index is 2.02. The number of carboxylic acid groups (broad SMARTS) is 1. The van der Waals surface area contributed by atoms with Crippen molar-refractivity contribution in [2.45, 2.75) is 12.1 Å². The third-order valence-corrected chi connectivity index (χ3v) is 4.00. The number of amides is 2. The van der Waals surface area contributed by atoms with E-state index in [1.165, 1.54) is 30.3 Å². The van der Waals surface area contributed by atoms with Gasteiger partial charge in [-0.05, 0) is 29.8 Å². The molecule has 0 bridgehead atoms. The van der Waals surface area contributed by atoms with Crippen LogP contribution in [0.1, 0.15) is 32.4 Å². The summed E-state index contributed by atoms with van der Waals surface area (Å²) in [4.78, 5) is 37.1. The number of aromatic hydroxyl groups is 2. The smallest absolute Gasteiger partial charge is 0.330 e.